The number of non-ortho nitro benzene ring substituents is 2. The lowest BCUT2D eigenvalue weighted by Gasteiger charge is -2.29. The Hall–Kier alpha value is -3.33. The normalized spacial score (nSPS) is 21.7. The van der Waals surface area contributed by atoms with Gasteiger partial charge in [-0.3, -0.25) is 34.8 Å². The molecule has 4 rings (SSSR count). The first kappa shape index (κ1) is 18.1. The van der Waals surface area contributed by atoms with E-state index in [2.05, 4.69) is 4.90 Å². The third-order valence-electron chi connectivity index (χ3n) is 5.40. The van der Waals surface area contributed by atoms with Gasteiger partial charge in [-0.2, -0.15) is 0 Å². The van der Waals surface area contributed by atoms with Gasteiger partial charge in [-0.1, -0.05) is 12.1 Å². The number of hydrogen-bond donors (Lipinski definition) is 0. The predicted octanol–water partition coefficient (Wildman–Crippen LogP) is 2.88. The number of nitrogens with zero attached hydrogens (tertiary/aromatic N) is 4. The van der Waals surface area contributed by atoms with Crippen molar-refractivity contribution in [1.82, 2.24) is 4.90 Å². The van der Waals surface area contributed by atoms with Gasteiger partial charge >= 0.3 is 0 Å². The molecule has 0 saturated carbocycles. The highest BCUT2D eigenvalue weighted by Crippen LogP contribution is 2.36. The van der Waals surface area contributed by atoms with Crippen molar-refractivity contribution in [2.45, 2.75) is 31.5 Å². The molecule has 2 aromatic carbocycles. The maximum Gasteiger partial charge on any atom is 0.269 e. The van der Waals surface area contributed by atoms with Gasteiger partial charge < -0.3 is 0 Å². The molecular formula is C19H18N4O5. The van der Waals surface area contributed by atoms with E-state index in [1.807, 2.05) is 0 Å². The molecule has 144 valence electrons. The first-order chi connectivity index (χ1) is 13.5. The number of amides is 1. The Bertz CT molecular complexity index is 928. The summed E-state index contributed by atoms with van der Waals surface area (Å²) in [4.78, 5) is 37.7. The lowest BCUT2D eigenvalue weighted by atomic mass is 10.1. The number of anilines is 1. The number of carbonyl (C=O) groups excluding carboxylic acids is 1. The van der Waals surface area contributed by atoms with Gasteiger partial charge in [0.15, 0.2) is 0 Å². The van der Waals surface area contributed by atoms with Gasteiger partial charge in [0.1, 0.15) is 0 Å². The smallest absolute Gasteiger partial charge is 0.269 e. The topological polar surface area (TPSA) is 110 Å². The van der Waals surface area contributed by atoms with E-state index in [0.717, 1.165) is 24.9 Å². The van der Waals surface area contributed by atoms with Crippen molar-refractivity contribution in [2.24, 2.45) is 0 Å². The number of carbonyl (C=O) groups is 1. The summed E-state index contributed by atoms with van der Waals surface area (Å²) in [6, 6.07) is 12.2. The highest BCUT2D eigenvalue weighted by molar-refractivity contribution is 6.00. The summed E-state index contributed by atoms with van der Waals surface area (Å²) >= 11 is 0. The van der Waals surface area contributed by atoms with Gasteiger partial charge in [0.2, 0.25) is 5.91 Å². The molecule has 9 nitrogen and oxygen atoms in total. The first-order valence-corrected chi connectivity index (χ1v) is 9.02. The van der Waals surface area contributed by atoms with Gasteiger partial charge in [-0.25, -0.2) is 0 Å². The van der Waals surface area contributed by atoms with E-state index < -0.39 is 9.85 Å². The quantitative estimate of drug-likeness (QED) is 0.581. The summed E-state index contributed by atoms with van der Waals surface area (Å²) in [5.74, 6) is -0.00161. The van der Waals surface area contributed by atoms with Crippen molar-refractivity contribution in [3.05, 3.63) is 74.3 Å². The van der Waals surface area contributed by atoms with Gasteiger partial charge in [0.25, 0.3) is 11.4 Å². The summed E-state index contributed by atoms with van der Waals surface area (Å²) in [6.07, 6.45) is 2.04. The number of nitro groups is 2. The van der Waals surface area contributed by atoms with E-state index in [0.29, 0.717) is 12.1 Å². The van der Waals surface area contributed by atoms with Gasteiger partial charge in [0.05, 0.1) is 22.1 Å². The molecule has 2 heterocycles. The molecule has 2 atom stereocenters. The van der Waals surface area contributed by atoms with Crippen molar-refractivity contribution in [3.63, 3.8) is 0 Å². The molecule has 0 radical (unpaired) electrons. The van der Waals surface area contributed by atoms with E-state index in [9.17, 15) is 25.0 Å². The molecule has 1 amide bonds. The Balaban J connectivity index is 1.64. The molecule has 0 unspecified atom stereocenters. The van der Waals surface area contributed by atoms with Crippen LogP contribution in [0.1, 0.15) is 18.4 Å². The fourth-order valence-corrected chi connectivity index (χ4v) is 4.07. The van der Waals surface area contributed by atoms with Crippen LogP contribution in [0.2, 0.25) is 0 Å². The third kappa shape index (κ3) is 3.09. The first-order valence-electron chi connectivity index (χ1n) is 9.02. The van der Waals surface area contributed by atoms with Crippen molar-refractivity contribution in [3.8, 4) is 0 Å². The second kappa shape index (κ2) is 7.01. The maximum absolute atomic E-state index is 13.0. The molecule has 2 aromatic rings. The summed E-state index contributed by atoms with van der Waals surface area (Å²) in [5, 5.41) is 21.8. The molecule has 2 saturated heterocycles. The van der Waals surface area contributed by atoms with Crippen LogP contribution in [0.25, 0.3) is 0 Å². The van der Waals surface area contributed by atoms with Crippen molar-refractivity contribution < 1.29 is 14.6 Å². The van der Waals surface area contributed by atoms with Crippen molar-refractivity contribution >= 4 is 23.0 Å². The largest absolute Gasteiger partial charge is 0.294 e. The van der Waals surface area contributed by atoms with E-state index in [1.165, 1.54) is 24.3 Å². The van der Waals surface area contributed by atoms with Crippen LogP contribution >= 0.6 is 0 Å². The minimum Gasteiger partial charge on any atom is -0.294 e. The summed E-state index contributed by atoms with van der Waals surface area (Å²) in [5.41, 5.74) is 1.51. The van der Waals surface area contributed by atoms with Crippen LogP contribution in [-0.2, 0) is 11.2 Å². The Morgan fingerprint density at radius 2 is 1.50 bits per heavy atom. The summed E-state index contributed by atoms with van der Waals surface area (Å²) in [7, 11) is 0. The zero-order valence-electron chi connectivity index (χ0n) is 14.9. The maximum atomic E-state index is 13.0. The molecule has 9 heteroatoms. The van der Waals surface area contributed by atoms with Gasteiger partial charge in [0, 0.05) is 42.9 Å². The van der Waals surface area contributed by atoms with Crippen LogP contribution in [0.15, 0.2) is 48.5 Å². The van der Waals surface area contributed by atoms with Crippen molar-refractivity contribution in [1.29, 1.82) is 0 Å². The fourth-order valence-electron chi connectivity index (χ4n) is 4.07. The molecule has 2 fully saturated rings. The number of nitro benzene ring substituents is 2. The van der Waals surface area contributed by atoms with E-state index in [-0.39, 0.29) is 29.5 Å². The minimum absolute atomic E-state index is 0.00161. The lowest BCUT2D eigenvalue weighted by Crippen LogP contribution is -2.41. The number of benzene rings is 2. The summed E-state index contributed by atoms with van der Waals surface area (Å²) in [6.45, 7) is 0.803. The van der Waals surface area contributed by atoms with Gasteiger partial charge in [-0.15, -0.1) is 0 Å². The number of rotatable bonds is 5. The molecule has 2 aliphatic rings. The monoisotopic (exact) mass is 382 g/mol. The Labute approximate surface area is 160 Å². The molecular weight excluding hydrogens is 364 g/mol. The van der Waals surface area contributed by atoms with Gasteiger partial charge in [-0.05, 0) is 30.5 Å². The number of fused-ring (bicyclic) bond motifs is 1. The zero-order valence-corrected chi connectivity index (χ0v) is 14.9. The van der Waals surface area contributed by atoms with E-state index >= 15 is 0 Å². The molecule has 28 heavy (non-hydrogen) atoms. The molecule has 0 N–H and O–H groups in total. The van der Waals surface area contributed by atoms with Crippen LogP contribution < -0.4 is 4.90 Å². The van der Waals surface area contributed by atoms with Crippen LogP contribution in [0.5, 0.6) is 0 Å². The fraction of sp³-hybridized carbons (Fsp3) is 0.316. The van der Waals surface area contributed by atoms with Crippen LogP contribution in [0.3, 0.4) is 0 Å². The molecule has 0 aromatic heterocycles. The Kier molecular flexibility index (Phi) is 4.52. The van der Waals surface area contributed by atoms with Crippen molar-refractivity contribution in [2.75, 3.05) is 11.4 Å². The lowest BCUT2D eigenvalue weighted by molar-refractivity contribution is -0.385. The number of hydrogen-bond acceptors (Lipinski definition) is 6. The Morgan fingerprint density at radius 1 is 0.929 bits per heavy atom. The third-order valence-corrected chi connectivity index (χ3v) is 5.40. The summed E-state index contributed by atoms with van der Waals surface area (Å²) < 4.78 is 0. The molecule has 0 spiro atoms. The second-order valence-electron chi connectivity index (χ2n) is 6.99. The highest BCUT2D eigenvalue weighted by atomic mass is 16.6. The predicted molar refractivity (Wildman–Crippen MR) is 101 cm³/mol. The second-order valence-corrected chi connectivity index (χ2v) is 6.99. The minimum atomic E-state index is -0.470. The zero-order chi connectivity index (χ0) is 19.8. The van der Waals surface area contributed by atoms with Crippen LogP contribution in [0.4, 0.5) is 17.1 Å². The SMILES string of the molecule is O=C1[C@@H]2CCCN2[C@@H](Cc2ccc([N+](=O)[O-])cc2)N1c1ccc([N+](=O)[O-])cc1. The molecule has 0 bridgehead atoms. The average molecular weight is 382 g/mol. The highest BCUT2D eigenvalue weighted by Gasteiger charge is 2.48. The van der Waals surface area contributed by atoms with Crippen LogP contribution in [0, 0.1) is 20.2 Å². The Morgan fingerprint density at radius 3 is 2.07 bits per heavy atom. The molecule has 0 aliphatic carbocycles. The average Bonchev–Trinajstić information content (AvgIpc) is 3.26. The van der Waals surface area contributed by atoms with E-state index in [1.54, 1.807) is 29.2 Å². The van der Waals surface area contributed by atoms with E-state index in [4.69, 9.17) is 0 Å². The molecule has 2 aliphatic heterocycles. The van der Waals surface area contributed by atoms with Crippen LogP contribution in [-0.4, -0.2) is 39.4 Å². The standard InChI is InChI=1S/C19H18N4O5/c24-19-17-2-1-11-20(17)18(12-13-3-5-15(6-4-13)22(25)26)21(19)14-7-9-16(10-8-14)23(27)28/h3-10,17-18H,1-2,11-12H2/t17-,18+/m0/s1.